The van der Waals surface area contributed by atoms with Crippen LogP contribution in [0.5, 0.6) is 0 Å². The van der Waals surface area contributed by atoms with Gasteiger partial charge in [-0.1, -0.05) is 25.1 Å². The van der Waals surface area contributed by atoms with E-state index in [-0.39, 0.29) is 11.5 Å². The summed E-state index contributed by atoms with van der Waals surface area (Å²) in [6, 6.07) is 7.88. The highest BCUT2D eigenvalue weighted by Gasteiger charge is 2.45. The number of anilines is 1. The Kier molecular flexibility index (Phi) is 4.99. The molecule has 23 heavy (non-hydrogen) atoms. The predicted octanol–water partition coefficient (Wildman–Crippen LogP) is 1.80. The maximum absolute atomic E-state index is 12.3. The van der Waals surface area contributed by atoms with Gasteiger partial charge in [0.2, 0.25) is 5.91 Å². The fraction of sp³-hybridized carbons (Fsp3) is 0.611. The molecule has 2 heterocycles. The van der Waals surface area contributed by atoms with Crippen molar-refractivity contribution in [1.29, 1.82) is 0 Å². The Balaban J connectivity index is 1.55. The summed E-state index contributed by atoms with van der Waals surface area (Å²) in [4.78, 5) is 14.3. The molecule has 0 aromatic heterocycles. The summed E-state index contributed by atoms with van der Waals surface area (Å²) < 4.78 is 5.80. The van der Waals surface area contributed by atoms with Gasteiger partial charge in [-0.25, -0.2) is 0 Å². The normalized spacial score (nSPS) is 28.2. The van der Waals surface area contributed by atoms with E-state index in [0.717, 1.165) is 50.1 Å². The van der Waals surface area contributed by atoms with Crippen LogP contribution >= 0.6 is 0 Å². The molecule has 0 unspecified atom stereocenters. The molecule has 3 rings (SSSR count). The second-order valence-electron chi connectivity index (χ2n) is 6.58. The van der Waals surface area contributed by atoms with Crippen molar-refractivity contribution in [3.8, 4) is 0 Å². The zero-order valence-electron chi connectivity index (χ0n) is 13.8. The Morgan fingerprint density at radius 2 is 2.26 bits per heavy atom. The van der Waals surface area contributed by atoms with Crippen LogP contribution in [0.3, 0.4) is 0 Å². The second kappa shape index (κ2) is 6.99. The highest BCUT2D eigenvalue weighted by Crippen LogP contribution is 2.35. The second-order valence-corrected chi connectivity index (χ2v) is 6.58. The summed E-state index contributed by atoms with van der Waals surface area (Å²) in [5, 5.41) is 13.4. The average molecular weight is 318 g/mol. The smallest absolute Gasteiger partial charge is 0.238 e. The van der Waals surface area contributed by atoms with Crippen LogP contribution < -0.4 is 5.32 Å². The van der Waals surface area contributed by atoms with E-state index in [0.29, 0.717) is 13.1 Å². The van der Waals surface area contributed by atoms with Crippen LogP contribution in [0.25, 0.3) is 0 Å². The van der Waals surface area contributed by atoms with Gasteiger partial charge in [-0.05, 0) is 37.3 Å². The van der Waals surface area contributed by atoms with Crippen LogP contribution in [0, 0.1) is 0 Å². The van der Waals surface area contributed by atoms with Crippen molar-refractivity contribution in [2.24, 2.45) is 0 Å². The number of amides is 1. The predicted molar refractivity (Wildman–Crippen MR) is 89.4 cm³/mol. The van der Waals surface area contributed by atoms with E-state index in [9.17, 15) is 9.90 Å². The maximum Gasteiger partial charge on any atom is 0.238 e. The summed E-state index contributed by atoms with van der Waals surface area (Å²) in [7, 11) is 0. The number of hydrogen-bond acceptors (Lipinski definition) is 4. The fourth-order valence-electron chi connectivity index (χ4n) is 3.68. The molecule has 1 aromatic carbocycles. The Hall–Kier alpha value is -1.43. The van der Waals surface area contributed by atoms with Gasteiger partial charge in [0.15, 0.2) is 0 Å². The third kappa shape index (κ3) is 3.57. The minimum Gasteiger partial charge on any atom is -0.389 e. The SMILES string of the molecule is CCc1ccccc1NC(=O)CN1CC[C@@]2(CCCO2)[C@@H](O)C1. The number of likely N-dealkylation sites (tertiary alicyclic amines) is 1. The molecule has 126 valence electrons. The van der Waals surface area contributed by atoms with Gasteiger partial charge in [0.05, 0.1) is 18.2 Å². The van der Waals surface area contributed by atoms with E-state index in [4.69, 9.17) is 4.74 Å². The van der Waals surface area contributed by atoms with Crippen LogP contribution in [0.4, 0.5) is 5.69 Å². The van der Waals surface area contributed by atoms with Crippen molar-refractivity contribution >= 4 is 11.6 Å². The van der Waals surface area contributed by atoms with Crippen molar-refractivity contribution in [2.45, 2.75) is 44.3 Å². The summed E-state index contributed by atoms with van der Waals surface area (Å²) in [5.74, 6) is -0.0265. The molecule has 0 saturated carbocycles. The number of para-hydroxylation sites is 1. The first-order valence-corrected chi connectivity index (χ1v) is 8.55. The molecule has 0 bridgehead atoms. The van der Waals surface area contributed by atoms with Gasteiger partial charge < -0.3 is 15.2 Å². The third-order valence-corrected chi connectivity index (χ3v) is 5.06. The number of nitrogens with one attached hydrogen (secondary N) is 1. The van der Waals surface area contributed by atoms with Crippen LogP contribution in [0.1, 0.15) is 31.7 Å². The minimum atomic E-state index is -0.505. The van der Waals surface area contributed by atoms with E-state index >= 15 is 0 Å². The highest BCUT2D eigenvalue weighted by molar-refractivity contribution is 5.93. The molecule has 2 saturated heterocycles. The van der Waals surface area contributed by atoms with E-state index in [1.54, 1.807) is 0 Å². The number of rotatable bonds is 4. The molecule has 0 radical (unpaired) electrons. The number of ether oxygens (including phenoxy) is 1. The van der Waals surface area contributed by atoms with Gasteiger partial charge in [-0.2, -0.15) is 0 Å². The molecule has 1 aromatic rings. The number of aryl methyl sites for hydroxylation is 1. The van der Waals surface area contributed by atoms with Gasteiger partial charge in [0.1, 0.15) is 0 Å². The Labute approximate surface area is 137 Å². The summed E-state index contributed by atoms with van der Waals surface area (Å²) in [6.45, 7) is 4.42. The van der Waals surface area contributed by atoms with Crippen molar-refractivity contribution in [3.63, 3.8) is 0 Å². The lowest BCUT2D eigenvalue weighted by molar-refractivity contribution is -0.135. The summed E-state index contributed by atoms with van der Waals surface area (Å²) >= 11 is 0. The number of carbonyl (C=O) groups is 1. The average Bonchev–Trinajstić information content (AvgIpc) is 3.02. The zero-order chi connectivity index (χ0) is 16.3. The molecule has 1 spiro atoms. The maximum atomic E-state index is 12.3. The lowest BCUT2D eigenvalue weighted by Gasteiger charge is -2.42. The molecule has 2 aliphatic rings. The first-order chi connectivity index (χ1) is 11.1. The van der Waals surface area contributed by atoms with E-state index in [1.807, 2.05) is 29.2 Å². The standard InChI is InChI=1S/C18H26N2O3/c1-2-14-6-3-4-7-15(14)19-17(22)13-20-10-9-18(16(21)12-20)8-5-11-23-18/h3-4,6-7,16,21H,2,5,8-13H2,1H3,(H,19,22)/t16-,18-/m0/s1. The van der Waals surface area contributed by atoms with Crippen molar-refractivity contribution in [3.05, 3.63) is 29.8 Å². The number of carbonyl (C=O) groups excluding carboxylic acids is 1. The molecular formula is C18H26N2O3. The molecule has 0 aliphatic carbocycles. The topological polar surface area (TPSA) is 61.8 Å². The number of aliphatic hydroxyl groups is 1. The summed E-state index contributed by atoms with van der Waals surface area (Å²) in [5.41, 5.74) is 1.66. The molecule has 2 aliphatic heterocycles. The first kappa shape index (κ1) is 16.4. The number of nitrogens with zero attached hydrogens (tertiary/aromatic N) is 1. The fourth-order valence-corrected chi connectivity index (χ4v) is 3.68. The van der Waals surface area contributed by atoms with E-state index in [2.05, 4.69) is 12.2 Å². The number of benzene rings is 1. The van der Waals surface area contributed by atoms with E-state index < -0.39 is 6.10 Å². The highest BCUT2D eigenvalue weighted by atomic mass is 16.5. The lowest BCUT2D eigenvalue weighted by atomic mass is 9.86. The quantitative estimate of drug-likeness (QED) is 0.889. The molecule has 1 amide bonds. The zero-order valence-corrected chi connectivity index (χ0v) is 13.8. The van der Waals surface area contributed by atoms with Gasteiger partial charge in [-0.15, -0.1) is 0 Å². The van der Waals surface area contributed by atoms with Crippen molar-refractivity contribution in [2.75, 3.05) is 31.6 Å². The van der Waals surface area contributed by atoms with Crippen LogP contribution in [-0.4, -0.2) is 53.9 Å². The third-order valence-electron chi connectivity index (χ3n) is 5.06. The first-order valence-electron chi connectivity index (χ1n) is 8.55. The number of aliphatic hydroxyl groups excluding tert-OH is 1. The van der Waals surface area contributed by atoms with Gasteiger partial charge in [0, 0.05) is 25.4 Å². The number of β-amino-alcohol motifs (C(OH)–C–C–N with tert-alkyl or cyclic N) is 1. The molecular weight excluding hydrogens is 292 g/mol. The minimum absolute atomic E-state index is 0.0265. The molecule has 2 N–H and O–H groups in total. The van der Waals surface area contributed by atoms with Crippen LogP contribution in [0.2, 0.25) is 0 Å². The molecule has 2 atom stereocenters. The van der Waals surface area contributed by atoms with Crippen LogP contribution in [-0.2, 0) is 16.0 Å². The van der Waals surface area contributed by atoms with Gasteiger partial charge in [0.25, 0.3) is 0 Å². The number of piperidine rings is 1. The monoisotopic (exact) mass is 318 g/mol. The van der Waals surface area contributed by atoms with Crippen LogP contribution in [0.15, 0.2) is 24.3 Å². The van der Waals surface area contributed by atoms with Gasteiger partial charge >= 0.3 is 0 Å². The Bertz CT molecular complexity index is 555. The largest absolute Gasteiger partial charge is 0.389 e. The van der Waals surface area contributed by atoms with Crippen molar-refractivity contribution in [1.82, 2.24) is 4.90 Å². The van der Waals surface area contributed by atoms with E-state index in [1.165, 1.54) is 0 Å². The number of hydrogen-bond donors (Lipinski definition) is 2. The lowest BCUT2D eigenvalue weighted by Crippen LogP contribution is -2.56. The molecule has 5 nitrogen and oxygen atoms in total. The van der Waals surface area contributed by atoms with Gasteiger partial charge in [-0.3, -0.25) is 9.69 Å². The summed E-state index contributed by atoms with van der Waals surface area (Å²) in [6.07, 6.45) is 3.13. The molecule has 5 heteroatoms. The molecule has 2 fully saturated rings. The Morgan fingerprint density at radius 3 is 2.96 bits per heavy atom. The Morgan fingerprint density at radius 1 is 1.43 bits per heavy atom. The van der Waals surface area contributed by atoms with Crippen molar-refractivity contribution < 1.29 is 14.6 Å².